The Balaban J connectivity index is 1.73. The first-order valence-electron chi connectivity index (χ1n) is 7.85. The summed E-state index contributed by atoms with van der Waals surface area (Å²) < 4.78 is 1.58. The Morgan fingerprint density at radius 3 is 2.48 bits per heavy atom. The number of anilines is 1. The van der Waals surface area contributed by atoms with Gasteiger partial charge in [0, 0.05) is 44.3 Å². The van der Waals surface area contributed by atoms with Gasteiger partial charge in [0.1, 0.15) is 11.4 Å². The number of aryl methyl sites for hydroxylation is 2. The van der Waals surface area contributed by atoms with Gasteiger partial charge in [-0.15, -0.1) is 0 Å². The molecule has 2 heterocycles. The second-order valence-corrected chi connectivity index (χ2v) is 6.40. The summed E-state index contributed by atoms with van der Waals surface area (Å²) in [5.74, 6) is -0.0756. The lowest BCUT2D eigenvalue weighted by molar-refractivity contribution is -0.384. The zero-order chi connectivity index (χ0) is 18.1. The molecule has 0 radical (unpaired) electrons. The molecule has 8 nitrogen and oxygen atoms in total. The van der Waals surface area contributed by atoms with Crippen molar-refractivity contribution in [2.75, 3.05) is 31.1 Å². The third-order valence-electron chi connectivity index (χ3n) is 4.26. The molecule has 0 bridgehead atoms. The summed E-state index contributed by atoms with van der Waals surface area (Å²) in [4.78, 5) is 27.1. The monoisotopic (exact) mass is 363 g/mol. The smallest absolute Gasteiger partial charge is 0.294 e. The van der Waals surface area contributed by atoms with Crippen LogP contribution < -0.4 is 4.90 Å². The fourth-order valence-corrected chi connectivity index (χ4v) is 3.20. The van der Waals surface area contributed by atoms with Crippen LogP contribution in [0.3, 0.4) is 0 Å². The molecule has 0 atom stereocenters. The average Bonchev–Trinajstić information content (AvgIpc) is 2.92. The summed E-state index contributed by atoms with van der Waals surface area (Å²) in [6.45, 7) is 3.86. The number of piperazine rings is 1. The Kier molecular flexibility index (Phi) is 4.63. The van der Waals surface area contributed by atoms with E-state index in [4.69, 9.17) is 11.6 Å². The average molecular weight is 364 g/mol. The van der Waals surface area contributed by atoms with Crippen molar-refractivity contribution in [2.45, 2.75) is 6.92 Å². The fourth-order valence-electron chi connectivity index (χ4n) is 3.03. The first-order valence-corrected chi connectivity index (χ1v) is 8.23. The van der Waals surface area contributed by atoms with E-state index < -0.39 is 4.92 Å². The van der Waals surface area contributed by atoms with E-state index in [1.165, 1.54) is 6.07 Å². The summed E-state index contributed by atoms with van der Waals surface area (Å²) in [6, 6.07) is 6.41. The molecule has 1 aromatic carbocycles. The third-order valence-corrected chi connectivity index (χ3v) is 4.50. The first-order chi connectivity index (χ1) is 11.9. The van der Waals surface area contributed by atoms with E-state index in [-0.39, 0.29) is 11.6 Å². The van der Waals surface area contributed by atoms with Gasteiger partial charge in [-0.2, -0.15) is 5.10 Å². The highest BCUT2D eigenvalue weighted by atomic mass is 35.5. The topological polar surface area (TPSA) is 84.5 Å². The number of halogens is 1. The van der Waals surface area contributed by atoms with Crippen LogP contribution in [0.1, 0.15) is 16.2 Å². The van der Waals surface area contributed by atoms with Crippen LogP contribution in [-0.2, 0) is 7.05 Å². The molecule has 1 fully saturated rings. The predicted molar refractivity (Wildman–Crippen MR) is 94.2 cm³/mol. The normalized spacial score (nSPS) is 14.7. The van der Waals surface area contributed by atoms with Crippen molar-refractivity contribution < 1.29 is 9.72 Å². The number of hydrogen-bond acceptors (Lipinski definition) is 5. The van der Waals surface area contributed by atoms with Crippen LogP contribution in [0.4, 0.5) is 11.4 Å². The van der Waals surface area contributed by atoms with Crippen molar-refractivity contribution in [3.05, 3.63) is 50.8 Å². The van der Waals surface area contributed by atoms with Crippen LogP contribution >= 0.6 is 11.6 Å². The van der Waals surface area contributed by atoms with E-state index in [1.54, 1.807) is 34.8 Å². The Bertz CT molecular complexity index is 827. The van der Waals surface area contributed by atoms with Gasteiger partial charge >= 0.3 is 0 Å². The molecule has 0 aliphatic carbocycles. The number of nitro benzene ring substituents is 1. The third kappa shape index (κ3) is 3.43. The molecule has 0 spiro atoms. The highest BCUT2D eigenvalue weighted by Crippen LogP contribution is 2.31. The zero-order valence-electron chi connectivity index (χ0n) is 14.0. The quantitative estimate of drug-likeness (QED) is 0.616. The highest BCUT2D eigenvalue weighted by molar-refractivity contribution is 6.30. The van der Waals surface area contributed by atoms with Gasteiger partial charge in [-0.1, -0.05) is 11.6 Å². The van der Waals surface area contributed by atoms with Crippen molar-refractivity contribution in [1.29, 1.82) is 0 Å². The lowest BCUT2D eigenvalue weighted by Crippen LogP contribution is -2.49. The maximum absolute atomic E-state index is 12.6. The zero-order valence-corrected chi connectivity index (χ0v) is 14.7. The molecular formula is C16H18ClN5O3. The van der Waals surface area contributed by atoms with E-state index >= 15 is 0 Å². The molecule has 1 aromatic heterocycles. The van der Waals surface area contributed by atoms with Crippen LogP contribution in [0, 0.1) is 17.0 Å². The number of hydrogen-bond donors (Lipinski definition) is 0. The number of carbonyl (C=O) groups excluding carboxylic acids is 1. The molecule has 0 N–H and O–H groups in total. The van der Waals surface area contributed by atoms with E-state index in [9.17, 15) is 14.9 Å². The minimum absolute atomic E-state index is 0.0189. The van der Waals surface area contributed by atoms with Crippen molar-refractivity contribution >= 4 is 28.9 Å². The molecule has 0 unspecified atom stereocenters. The van der Waals surface area contributed by atoms with Gasteiger partial charge in [-0.3, -0.25) is 19.6 Å². The Morgan fingerprint density at radius 1 is 1.24 bits per heavy atom. The van der Waals surface area contributed by atoms with Gasteiger partial charge in [0.25, 0.3) is 11.6 Å². The number of benzene rings is 1. The molecule has 1 amide bonds. The number of rotatable bonds is 3. The minimum atomic E-state index is -0.433. The second kappa shape index (κ2) is 6.72. The lowest BCUT2D eigenvalue weighted by Gasteiger charge is -2.35. The second-order valence-electron chi connectivity index (χ2n) is 5.96. The van der Waals surface area contributed by atoms with Gasteiger partial charge in [-0.05, 0) is 25.1 Å². The SMILES string of the molecule is Cc1cc(C(=O)N2CCN(c3ccc(Cl)cc3[N+](=O)[O-])CC2)n(C)n1. The summed E-state index contributed by atoms with van der Waals surface area (Å²) in [5.41, 5.74) is 1.84. The molecule has 1 saturated heterocycles. The van der Waals surface area contributed by atoms with Gasteiger partial charge < -0.3 is 9.80 Å². The molecule has 3 rings (SSSR count). The van der Waals surface area contributed by atoms with Crippen LogP contribution in [-0.4, -0.2) is 51.7 Å². The summed E-state index contributed by atoms with van der Waals surface area (Å²) in [5, 5.41) is 15.8. The number of amides is 1. The van der Waals surface area contributed by atoms with Crippen LogP contribution in [0.25, 0.3) is 0 Å². The van der Waals surface area contributed by atoms with Crippen molar-refractivity contribution in [1.82, 2.24) is 14.7 Å². The number of nitrogens with zero attached hydrogens (tertiary/aromatic N) is 5. The van der Waals surface area contributed by atoms with Gasteiger partial charge in [-0.25, -0.2) is 0 Å². The molecule has 0 saturated carbocycles. The van der Waals surface area contributed by atoms with Crippen LogP contribution in [0.5, 0.6) is 0 Å². The predicted octanol–water partition coefficient (Wildman–Crippen LogP) is 2.25. The van der Waals surface area contributed by atoms with Crippen molar-refractivity contribution in [3.63, 3.8) is 0 Å². The standard InChI is InChI=1S/C16H18ClN5O3/c1-11-9-15(19(2)18-11)16(23)21-7-5-20(6-8-21)13-4-3-12(17)10-14(13)22(24)25/h3-4,9-10H,5-8H2,1-2H3. The van der Waals surface area contributed by atoms with Crippen LogP contribution in [0.15, 0.2) is 24.3 Å². The van der Waals surface area contributed by atoms with E-state index in [2.05, 4.69) is 5.10 Å². The van der Waals surface area contributed by atoms with Gasteiger partial charge in [0.15, 0.2) is 0 Å². The molecule has 132 valence electrons. The van der Waals surface area contributed by atoms with Crippen molar-refractivity contribution in [3.8, 4) is 0 Å². The molecule has 25 heavy (non-hydrogen) atoms. The van der Waals surface area contributed by atoms with E-state index in [0.29, 0.717) is 42.6 Å². The Hall–Kier alpha value is -2.61. The molecule has 2 aromatic rings. The van der Waals surface area contributed by atoms with E-state index in [0.717, 1.165) is 5.69 Å². The number of carbonyl (C=O) groups is 1. The lowest BCUT2D eigenvalue weighted by atomic mass is 10.2. The van der Waals surface area contributed by atoms with Crippen molar-refractivity contribution in [2.24, 2.45) is 7.05 Å². The number of aromatic nitrogens is 2. The van der Waals surface area contributed by atoms with Crippen LogP contribution in [0.2, 0.25) is 5.02 Å². The first kappa shape index (κ1) is 17.2. The van der Waals surface area contributed by atoms with Gasteiger partial charge in [0.05, 0.1) is 10.6 Å². The maximum Gasteiger partial charge on any atom is 0.294 e. The maximum atomic E-state index is 12.6. The number of nitro groups is 1. The summed E-state index contributed by atoms with van der Waals surface area (Å²) in [7, 11) is 1.74. The van der Waals surface area contributed by atoms with E-state index in [1.807, 2.05) is 11.8 Å². The minimum Gasteiger partial charge on any atom is -0.362 e. The van der Waals surface area contributed by atoms with Gasteiger partial charge in [0.2, 0.25) is 0 Å². The molecule has 1 aliphatic heterocycles. The fraction of sp³-hybridized carbons (Fsp3) is 0.375. The molecule has 9 heteroatoms. The largest absolute Gasteiger partial charge is 0.362 e. The highest BCUT2D eigenvalue weighted by Gasteiger charge is 2.27. The Labute approximate surface area is 149 Å². The molecule has 1 aliphatic rings. The Morgan fingerprint density at radius 2 is 1.92 bits per heavy atom. The summed E-state index contributed by atoms with van der Waals surface area (Å²) >= 11 is 5.87. The molecular weight excluding hydrogens is 346 g/mol. The summed E-state index contributed by atoms with van der Waals surface area (Å²) in [6.07, 6.45) is 0.